The van der Waals surface area contributed by atoms with Gasteiger partial charge in [-0.3, -0.25) is 4.79 Å². The van der Waals surface area contributed by atoms with Crippen LogP contribution in [-0.4, -0.2) is 29.1 Å². The van der Waals surface area contributed by atoms with Crippen molar-refractivity contribution in [2.45, 2.75) is 10.1 Å². The van der Waals surface area contributed by atoms with E-state index < -0.39 is 10.1 Å². The molecule has 90 valence electrons. The first kappa shape index (κ1) is 10.9. The van der Waals surface area contributed by atoms with Crippen molar-refractivity contribution in [3.63, 3.8) is 0 Å². The summed E-state index contributed by atoms with van der Waals surface area (Å²) in [5, 5.41) is 0. The lowest BCUT2D eigenvalue weighted by atomic mass is 9.85. The van der Waals surface area contributed by atoms with Crippen molar-refractivity contribution in [2.75, 3.05) is 13.2 Å². The third kappa shape index (κ3) is 1.01. The van der Waals surface area contributed by atoms with Crippen LogP contribution >= 0.6 is 31.9 Å². The van der Waals surface area contributed by atoms with E-state index in [1.54, 1.807) is 0 Å². The molecule has 2 unspecified atom stereocenters. The lowest BCUT2D eigenvalue weighted by molar-refractivity contribution is -0.177. The number of alkyl halides is 1. The number of carbonyl (C=O) groups excluding carboxylic acids is 1. The zero-order chi connectivity index (χ0) is 11.8. The highest BCUT2D eigenvalue weighted by atomic mass is 79.9. The SMILES string of the molecule is O=C1C(Br)=CC2C1[C@@H]1C=C[C@@]2(Br)C12OCCO2. The van der Waals surface area contributed by atoms with Crippen molar-refractivity contribution in [1.82, 2.24) is 0 Å². The van der Waals surface area contributed by atoms with Crippen LogP contribution < -0.4 is 0 Å². The fourth-order valence-corrected chi connectivity index (χ4v) is 5.33. The first-order valence-electron chi connectivity index (χ1n) is 5.68. The smallest absolute Gasteiger partial charge is 0.195 e. The highest BCUT2D eigenvalue weighted by Crippen LogP contribution is 2.67. The first-order valence-corrected chi connectivity index (χ1v) is 7.26. The molecule has 4 rings (SSSR count). The van der Waals surface area contributed by atoms with Crippen molar-refractivity contribution in [1.29, 1.82) is 0 Å². The van der Waals surface area contributed by atoms with Crippen LogP contribution in [-0.2, 0) is 14.3 Å². The number of carbonyl (C=O) groups is 1. The Hall–Kier alpha value is 0.0300. The van der Waals surface area contributed by atoms with Gasteiger partial charge in [-0.25, -0.2) is 0 Å². The highest BCUT2D eigenvalue weighted by Gasteiger charge is 2.75. The van der Waals surface area contributed by atoms with E-state index in [9.17, 15) is 4.79 Å². The number of allylic oxidation sites excluding steroid dienone is 2. The maximum absolute atomic E-state index is 12.2. The molecular formula is C12H10Br2O3. The van der Waals surface area contributed by atoms with Gasteiger partial charge in [-0.05, 0) is 15.9 Å². The fraction of sp³-hybridized carbons (Fsp3) is 0.583. The Bertz CT molecular complexity index is 478. The molecule has 1 spiro atoms. The molecule has 1 aliphatic heterocycles. The maximum Gasteiger partial charge on any atom is 0.195 e. The average molecular weight is 362 g/mol. The Morgan fingerprint density at radius 3 is 2.65 bits per heavy atom. The number of halogens is 2. The summed E-state index contributed by atoms with van der Waals surface area (Å²) < 4.78 is 12.1. The zero-order valence-corrected chi connectivity index (χ0v) is 12.0. The average Bonchev–Trinajstić information content (AvgIpc) is 2.99. The molecule has 1 heterocycles. The molecule has 0 amide bonds. The summed E-state index contributed by atoms with van der Waals surface area (Å²) in [7, 11) is 0. The number of fused-ring (bicyclic) bond motifs is 3. The van der Waals surface area contributed by atoms with E-state index in [0.29, 0.717) is 17.7 Å². The van der Waals surface area contributed by atoms with Crippen LogP contribution in [0.25, 0.3) is 0 Å². The monoisotopic (exact) mass is 360 g/mol. The molecule has 4 atom stereocenters. The molecule has 0 aromatic heterocycles. The van der Waals surface area contributed by atoms with Crippen molar-refractivity contribution in [3.05, 3.63) is 22.7 Å². The molecule has 0 radical (unpaired) electrons. The molecule has 2 bridgehead atoms. The van der Waals surface area contributed by atoms with Crippen molar-refractivity contribution in [3.8, 4) is 0 Å². The van der Waals surface area contributed by atoms with E-state index in [2.05, 4.69) is 44.0 Å². The predicted molar refractivity (Wildman–Crippen MR) is 67.9 cm³/mol. The lowest BCUT2D eigenvalue weighted by Gasteiger charge is -2.35. The molecule has 17 heavy (non-hydrogen) atoms. The Kier molecular flexibility index (Phi) is 2.01. The lowest BCUT2D eigenvalue weighted by Crippen LogP contribution is -2.48. The molecule has 4 aliphatic rings. The first-order chi connectivity index (χ1) is 8.10. The van der Waals surface area contributed by atoms with Gasteiger partial charge in [-0.15, -0.1) is 0 Å². The normalized spacial score (nSPS) is 49.2. The summed E-state index contributed by atoms with van der Waals surface area (Å²) in [4.78, 5) is 12.2. The van der Waals surface area contributed by atoms with Crippen LogP contribution in [0.15, 0.2) is 22.7 Å². The van der Waals surface area contributed by atoms with Gasteiger partial charge in [0, 0.05) is 17.8 Å². The molecule has 0 aromatic rings. The molecule has 3 nitrogen and oxygen atoms in total. The number of hydrogen-bond donors (Lipinski definition) is 0. The Balaban J connectivity index is 1.89. The van der Waals surface area contributed by atoms with Gasteiger partial charge in [0.1, 0.15) is 4.32 Å². The second-order valence-electron chi connectivity index (χ2n) is 4.95. The minimum atomic E-state index is -0.664. The van der Waals surface area contributed by atoms with Crippen LogP contribution in [0, 0.1) is 17.8 Å². The number of ether oxygens (including phenoxy) is 2. The largest absolute Gasteiger partial charge is 0.345 e. The predicted octanol–water partition coefficient (Wildman–Crippen LogP) is 2.16. The summed E-state index contributed by atoms with van der Waals surface area (Å²) in [5.41, 5.74) is 0. The summed E-state index contributed by atoms with van der Waals surface area (Å²) in [5.74, 6) is -0.399. The zero-order valence-electron chi connectivity index (χ0n) is 8.86. The molecule has 3 aliphatic carbocycles. The number of ketones is 1. The van der Waals surface area contributed by atoms with Crippen LogP contribution in [0.3, 0.4) is 0 Å². The van der Waals surface area contributed by atoms with E-state index in [0.717, 1.165) is 0 Å². The van der Waals surface area contributed by atoms with Crippen LogP contribution in [0.5, 0.6) is 0 Å². The van der Waals surface area contributed by atoms with Crippen LogP contribution in [0.2, 0.25) is 0 Å². The number of rotatable bonds is 0. The number of Topliss-reactive ketones (excluding diaryl/α,β-unsaturated/α-hetero) is 1. The highest BCUT2D eigenvalue weighted by molar-refractivity contribution is 9.12. The topological polar surface area (TPSA) is 35.5 Å². The summed E-state index contributed by atoms with van der Waals surface area (Å²) >= 11 is 7.12. The summed E-state index contributed by atoms with van der Waals surface area (Å²) in [6.45, 7) is 1.20. The van der Waals surface area contributed by atoms with Crippen molar-refractivity contribution in [2.24, 2.45) is 17.8 Å². The van der Waals surface area contributed by atoms with E-state index in [1.165, 1.54) is 0 Å². The second kappa shape index (κ2) is 3.13. The quantitative estimate of drug-likeness (QED) is 0.490. The van der Waals surface area contributed by atoms with Gasteiger partial charge in [-0.1, -0.05) is 34.2 Å². The fourth-order valence-electron chi connectivity index (χ4n) is 3.72. The van der Waals surface area contributed by atoms with Gasteiger partial charge in [0.05, 0.1) is 17.7 Å². The third-order valence-corrected chi connectivity index (χ3v) is 6.36. The standard InChI is InChI=1S/C12H10Br2O3/c13-8-5-7-9(10(8)15)6-1-2-11(7,14)12(6)16-3-4-17-12/h1-2,5-7,9H,3-4H2/t6-,7?,9?,11-/m0/s1. The molecule has 0 aromatic carbocycles. The Labute approximate surface area is 115 Å². The van der Waals surface area contributed by atoms with Crippen LogP contribution in [0.1, 0.15) is 0 Å². The van der Waals surface area contributed by atoms with E-state index in [1.807, 2.05) is 6.08 Å². The van der Waals surface area contributed by atoms with E-state index in [4.69, 9.17) is 9.47 Å². The molecule has 0 N–H and O–H groups in total. The van der Waals surface area contributed by atoms with Crippen molar-refractivity contribution < 1.29 is 14.3 Å². The minimum Gasteiger partial charge on any atom is -0.345 e. The van der Waals surface area contributed by atoms with E-state index >= 15 is 0 Å². The summed E-state index contributed by atoms with van der Waals surface area (Å²) in [6.07, 6.45) is 6.16. The van der Waals surface area contributed by atoms with Gasteiger partial charge in [0.2, 0.25) is 0 Å². The second-order valence-corrected chi connectivity index (χ2v) is 7.11. The third-order valence-electron chi connectivity index (χ3n) is 4.36. The molecule has 5 heteroatoms. The summed E-state index contributed by atoms with van der Waals surface area (Å²) in [6, 6.07) is 0. The van der Waals surface area contributed by atoms with Crippen molar-refractivity contribution >= 4 is 37.6 Å². The van der Waals surface area contributed by atoms with Gasteiger partial charge in [0.15, 0.2) is 11.6 Å². The minimum absolute atomic E-state index is 0.0215. The molecular weight excluding hydrogens is 352 g/mol. The molecule has 2 fully saturated rings. The maximum atomic E-state index is 12.2. The van der Waals surface area contributed by atoms with E-state index in [-0.39, 0.29) is 23.5 Å². The Morgan fingerprint density at radius 1 is 1.29 bits per heavy atom. The van der Waals surface area contributed by atoms with Gasteiger partial charge in [0.25, 0.3) is 0 Å². The molecule has 1 saturated carbocycles. The van der Waals surface area contributed by atoms with Gasteiger partial charge < -0.3 is 9.47 Å². The van der Waals surface area contributed by atoms with Gasteiger partial charge in [-0.2, -0.15) is 0 Å². The molecule has 1 saturated heterocycles. The Morgan fingerprint density at radius 2 is 2.00 bits per heavy atom. The number of hydrogen-bond acceptors (Lipinski definition) is 3. The van der Waals surface area contributed by atoms with Crippen LogP contribution in [0.4, 0.5) is 0 Å². The van der Waals surface area contributed by atoms with Gasteiger partial charge >= 0.3 is 0 Å².